The van der Waals surface area contributed by atoms with Gasteiger partial charge in [0.15, 0.2) is 0 Å². The number of carbonyl (C=O) groups excluding carboxylic acids is 1. The van der Waals surface area contributed by atoms with Gasteiger partial charge in [-0.25, -0.2) is 14.2 Å². The molecule has 0 N–H and O–H groups in total. The monoisotopic (exact) mass is 353 g/mol. The van der Waals surface area contributed by atoms with E-state index in [4.69, 9.17) is 4.74 Å². The normalized spacial score (nSPS) is 11.3. The first-order valence-corrected chi connectivity index (χ1v) is 8.57. The van der Waals surface area contributed by atoms with Gasteiger partial charge in [0.05, 0.1) is 30.2 Å². The van der Waals surface area contributed by atoms with Gasteiger partial charge in [-0.05, 0) is 49.1 Å². The van der Waals surface area contributed by atoms with Crippen LogP contribution in [0.15, 0.2) is 55.1 Å². The zero-order valence-electron chi connectivity index (χ0n) is 14.3. The molecule has 0 aliphatic heterocycles. The van der Waals surface area contributed by atoms with Crippen LogP contribution in [0, 0.1) is 5.82 Å². The molecule has 0 unspecified atom stereocenters. The van der Waals surface area contributed by atoms with E-state index in [-0.39, 0.29) is 0 Å². The molecule has 0 fully saturated rings. The third-order valence-corrected chi connectivity index (χ3v) is 3.95. The van der Waals surface area contributed by atoms with E-state index in [2.05, 4.69) is 20.6 Å². The van der Waals surface area contributed by atoms with Crippen LogP contribution in [-0.4, -0.2) is 27.1 Å². The number of benzene rings is 1. The zero-order chi connectivity index (χ0) is 18.2. The summed E-state index contributed by atoms with van der Waals surface area (Å²) in [7, 11) is 0. The van der Waals surface area contributed by atoms with Gasteiger partial charge in [-0.1, -0.05) is 12.1 Å². The summed E-state index contributed by atoms with van der Waals surface area (Å²) in [5.41, 5.74) is 2.66. The molecule has 0 amide bonds. The fraction of sp³-hybridized carbons (Fsp3) is 0.250. The van der Waals surface area contributed by atoms with E-state index in [1.54, 1.807) is 0 Å². The lowest BCUT2D eigenvalue weighted by Crippen LogP contribution is -2.03. The van der Waals surface area contributed by atoms with Crippen LogP contribution in [0.2, 0.25) is 0 Å². The molecule has 0 radical (unpaired) electrons. The number of hydrogen-bond acceptors (Lipinski definition) is 4. The summed E-state index contributed by atoms with van der Waals surface area (Å²) in [5, 5.41) is 0. The van der Waals surface area contributed by atoms with Gasteiger partial charge >= 0.3 is 5.97 Å². The van der Waals surface area contributed by atoms with Crippen LogP contribution in [0.3, 0.4) is 0 Å². The van der Waals surface area contributed by atoms with E-state index in [1.165, 1.54) is 24.4 Å². The highest BCUT2D eigenvalue weighted by atomic mass is 19.1. The SMILES string of the molecule is O=C(/C=C/c1cncc(F)c1)OCCCCCn1cnc2ccccc21. The molecule has 0 saturated carbocycles. The Bertz CT molecular complexity index is 905. The molecule has 26 heavy (non-hydrogen) atoms. The van der Waals surface area contributed by atoms with E-state index >= 15 is 0 Å². The number of pyridine rings is 1. The molecule has 0 atom stereocenters. The lowest BCUT2D eigenvalue weighted by Gasteiger charge is -2.05. The number of unbranched alkanes of at least 4 members (excludes halogenated alkanes) is 2. The quantitative estimate of drug-likeness (QED) is 0.349. The van der Waals surface area contributed by atoms with E-state index in [9.17, 15) is 9.18 Å². The van der Waals surface area contributed by atoms with Crippen molar-refractivity contribution in [1.82, 2.24) is 14.5 Å². The van der Waals surface area contributed by atoms with Crippen molar-refractivity contribution < 1.29 is 13.9 Å². The summed E-state index contributed by atoms with van der Waals surface area (Å²) in [6.07, 6.45) is 9.97. The molecule has 1 aromatic carbocycles. The number of rotatable bonds is 8. The standard InChI is InChI=1S/C20H20FN3O2/c21-17-12-16(13-22-14-17)8-9-20(25)26-11-5-1-4-10-24-15-23-18-6-2-3-7-19(18)24/h2-3,6-9,12-15H,1,4-5,10-11H2/b9-8+. The van der Waals surface area contributed by atoms with Crippen molar-refractivity contribution in [2.24, 2.45) is 0 Å². The molecule has 0 bridgehead atoms. The molecule has 3 rings (SSSR count). The molecule has 0 saturated heterocycles. The van der Waals surface area contributed by atoms with Crippen LogP contribution in [0.25, 0.3) is 17.1 Å². The molecule has 0 aliphatic rings. The predicted molar refractivity (Wildman–Crippen MR) is 97.8 cm³/mol. The van der Waals surface area contributed by atoms with Crippen molar-refractivity contribution in [2.45, 2.75) is 25.8 Å². The number of para-hydroxylation sites is 2. The van der Waals surface area contributed by atoms with Gasteiger partial charge in [-0.15, -0.1) is 0 Å². The fourth-order valence-electron chi connectivity index (χ4n) is 2.65. The van der Waals surface area contributed by atoms with Gasteiger partial charge in [0, 0.05) is 18.8 Å². The number of hydrogen-bond donors (Lipinski definition) is 0. The second-order valence-electron chi connectivity index (χ2n) is 5.92. The second-order valence-corrected chi connectivity index (χ2v) is 5.92. The number of carbonyl (C=O) groups is 1. The van der Waals surface area contributed by atoms with E-state index < -0.39 is 11.8 Å². The third kappa shape index (κ3) is 4.99. The average molecular weight is 353 g/mol. The topological polar surface area (TPSA) is 57.0 Å². The number of aryl methyl sites for hydroxylation is 1. The van der Waals surface area contributed by atoms with Crippen LogP contribution in [0.4, 0.5) is 4.39 Å². The fourth-order valence-corrected chi connectivity index (χ4v) is 2.65. The number of imidazole rings is 1. The van der Waals surface area contributed by atoms with E-state index in [0.29, 0.717) is 12.2 Å². The van der Waals surface area contributed by atoms with Gasteiger partial charge in [0.25, 0.3) is 0 Å². The molecule has 134 valence electrons. The number of fused-ring (bicyclic) bond motifs is 1. The largest absolute Gasteiger partial charge is 0.463 e. The molecule has 6 heteroatoms. The summed E-state index contributed by atoms with van der Waals surface area (Å²) in [6, 6.07) is 9.35. The molecular formula is C20H20FN3O2. The Morgan fingerprint density at radius 2 is 2.08 bits per heavy atom. The number of ether oxygens (including phenoxy) is 1. The number of esters is 1. The van der Waals surface area contributed by atoms with Crippen LogP contribution >= 0.6 is 0 Å². The van der Waals surface area contributed by atoms with Gasteiger partial charge < -0.3 is 9.30 Å². The molecule has 2 aromatic heterocycles. The second kappa shape index (κ2) is 8.89. The predicted octanol–water partition coefficient (Wildman–Crippen LogP) is 4.00. The Balaban J connectivity index is 1.33. The van der Waals surface area contributed by atoms with Crippen LogP contribution in [0.1, 0.15) is 24.8 Å². The Morgan fingerprint density at radius 1 is 1.19 bits per heavy atom. The van der Waals surface area contributed by atoms with Gasteiger partial charge in [0.1, 0.15) is 5.82 Å². The average Bonchev–Trinajstić information content (AvgIpc) is 3.06. The van der Waals surface area contributed by atoms with Crippen molar-refractivity contribution in [3.05, 3.63) is 66.5 Å². The highest BCUT2D eigenvalue weighted by molar-refractivity contribution is 5.86. The van der Waals surface area contributed by atoms with Crippen LogP contribution < -0.4 is 0 Å². The maximum atomic E-state index is 13.0. The summed E-state index contributed by atoms with van der Waals surface area (Å²) in [4.78, 5) is 19.7. The first kappa shape index (κ1) is 17.8. The maximum Gasteiger partial charge on any atom is 0.330 e. The first-order valence-electron chi connectivity index (χ1n) is 8.57. The summed E-state index contributed by atoms with van der Waals surface area (Å²) >= 11 is 0. The minimum absolute atomic E-state index is 0.370. The van der Waals surface area contributed by atoms with Crippen LogP contribution in [0.5, 0.6) is 0 Å². The lowest BCUT2D eigenvalue weighted by atomic mass is 10.2. The van der Waals surface area contributed by atoms with Gasteiger partial charge in [0.2, 0.25) is 0 Å². The number of aromatic nitrogens is 3. The lowest BCUT2D eigenvalue weighted by molar-refractivity contribution is -0.137. The van der Waals surface area contributed by atoms with Crippen molar-refractivity contribution in [2.75, 3.05) is 6.61 Å². The highest BCUT2D eigenvalue weighted by Crippen LogP contribution is 2.13. The zero-order valence-corrected chi connectivity index (χ0v) is 14.3. The highest BCUT2D eigenvalue weighted by Gasteiger charge is 2.02. The first-order chi connectivity index (χ1) is 12.7. The molecule has 5 nitrogen and oxygen atoms in total. The van der Waals surface area contributed by atoms with Crippen molar-refractivity contribution in [1.29, 1.82) is 0 Å². The number of nitrogens with zero attached hydrogens (tertiary/aromatic N) is 3. The Labute approximate surface area is 151 Å². The minimum Gasteiger partial charge on any atom is -0.463 e. The third-order valence-electron chi connectivity index (χ3n) is 3.95. The molecule has 0 spiro atoms. The van der Waals surface area contributed by atoms with Crippen molar-refractivity contribution in [3.8, 4) is 0 Å². The summed E-state index contributed by atoms with van der Waals surface area (Å²) < 4.78 is 20.3. The Kier molecular flexibility index (Phi) is 6.09. The van der Waals surface area contributed by atoms with Gasteiger partial charge in [-0.3, -0.25) is 4.98 Å². The smallest absolute Gasteiger partial charge is 0.330 e. The van der Waals surface area contributed by atoms with Crippen LogP contribution in [-0.2, 0) is 16.1 Å². The maximum absolute atomic E-state index is 13.0. The minimum atomic E-state index is -0.439. The summed E-state index contributed by atoms with van der Waals surface area (Å²) in [5.74, 6) is -0.874. The number of halogens is 1. The van der Waals surface area contributed by atoms with Gasteiger partial charge in [-0.2, -0.15) is 0 Å². The van der Waals surface area contributed by atoms with E-state index in [1.807, 2.05) is 24.5 Å². The Hall–Kier alpha value is -3.02. The van der Waals surface area contributed by atoms with E-state index in [0.717, 1.165) is 43.0 Å². The van der Waals surface area contributed by atoms with Crippen molar-refractivity contribution in [3.63, 3.8) is 0 Å². The molecule has 2 heterocycles. The van der Waals surface area contributed by atoms with Crippen molar-refractivity contribution >= 4 is 23.1 Å². The Morgan fingerprint density at radius 3 is 2.96 bits per heavy atom. The molecule has 0 aliphatic carbocycles. The molecule has 3 aromatic rings. The molecular weight excluding hydrogens is 333 g/mol. The summed E-state index contributed by atoms with van der Waals surface area (Å²) in [6.45, 7) is 1.26.